The Morgan fingerprint density at radius 1 is 0.559 bits per heavy atom. The molecular formula is C28H40Cl2NO2P. The molecule has 2 aromatic rings. The standard InChI is InChI=1S/C28H40Cl2NO2P/c1-25(2,3)17-13-19(27(7,8)9)23-21(15-17)31-22-16-18(26(4,5)6)14-20(28(10,11)12)24(22)33-34(31,29,30)32-23/h13-16H,1-12H3. The summed E-state index contributed by atoms with van der Waals surface area (Å²) in [7, 11) is 0. The maximum atomic E-state index is 7.31. The molecule has 2 aromatic carbocycles. The van der Waals surface area contributed by atoms with E-state index in [4.69, 9.17) is 31.5 Å². The van der Waals surface area contributed by atoms with Crippen LogP contribution in [0.2, 0.25) is 0 Å². The first-order valence-electron chi connectivity index (χ1n) is 12.1. The Labute approximate surface area is 215 Å². The first-order chi connectivity index (χ1) is 15.0. The average Bonchev–Trinajstić information content (AvgIpc) is 2.98. The van der Waals surface area contributed by atoms with Crippen LogP contribution < -0.4 is 13.7 Å². The van der Waals surface area contributed by atoms with Gasteiger partial charge in [-0.2, -0.15) is 0 Å². The predicted octanol–water partition coefficient (Wildman–Crippen LogP) is 10.4. The summed E-state index contributed by atoms with van der Waals surface area (Å²) in [6.07, 6.45) is 0. The number of hydrogen-bond acceptors (Lipinski definition) is 3. The van der Waals surface area contributed by atoms with Gasteiger partial charge in [-0.3, -0.25) is 0 Å². The Morgan fingerprint density at radius 2 is 0.882 bits per heavy atom. The van der Waals surface area contributed by atoms with Crippen LogP contribution in [-0.2, 0) is 21.7 Å². The summed E-state index contributed by atoms with van der Waals surface area (Å²) >= 11 is 14.6. The van der Waals surface area contributed by atoms with Crippen molar-refractivity contribution >= 4 is 39.8 Å². The van der Waals surface area contributed by atoms with Crippen LogP contribution in [0, 0.1) is 0 Å². The molecule has 0 N–H and O–H groups in total. The van der Waals surface area contributed by atoms with Crippen molar-refractivity contribution in [3.63, 3.8) is 0 Å². The molecule has 34 heavy (non-hydrogen) atoms. The predicted molar refractivity (Wildman–Crippen MR) is 150 cm³/mol. The number of hydrogen-bond donors (Lipinski definition) is 0. The number of fused-ring (bicyclic) bond motifs is 5. The molecule has 3 nitrogen and oxygen atoms in total. The fourth-order valence-electron chi connectivity index (χ4n) is 4.58. The van der Waals surface area contributed by atoms with Gasteiger partial charge < -0.3 is 0 Å². The summed E-state index contributed by atoms with van der Waals surface area (Å²) in [6, 6.07) is 8.84. The van der Waals surface area contributed by atoms with Crippen LogP contribution in [0.3, 0.4) is 0 Å². The van der Waals surface area contributed by atoms with Gasteiger partial charge in [0, 0.05) is 0 Å². The van der Waals surface area contributed by atoms with Gasteiger partial charge in [0.25, 0.3) is 0 Å². The van der Waals surface area contributed by atoms with Crippen LogP contribution in [0.5, 0.6) is 11.5 Å². The fraction of sp³-hybridized carbons (Fsp3) is 0.571. The van der Waals surface area contributed by atoms with E-state index in [2.05, 4.69) is 107 Å². The second kappa shape index (κ2) is 6.99. The minimum atomic E-state index is -4.27. The molecule has 0 unspecified atom stereocenters. The van der Waals surface area contributed by atoms with E-state index in [0.717, 1.165) is 34.0 Å². The number of halogens is 2. The SMILES string of the molecule is CC(C)(C)c1cc2c(c(C(C)(C)C)c1)OP1(Cl)(Cl)Oc3c(cc(C(C)(C)C)cc3C(C)(C)C)N21. The first kappa shape index (κ1) is 25.9. The van der Waals surface area contributed by atoms with Crippen LogP contribution in [0.15, 0.2) is 24.3 Å². The summed E-state index contributed by atoms with van der Waals surface area (Å²) in [5.74, 6) is -2.81. The Bertz CT molecular complexity index is 1100. The molecule has 0 amide bonds. The summed E-state index contributed by atoms with van der Waals surface area (Å²) in [5.41, 5.74) is 5.95. The molecule has 0 bridgehead atoms. The van der Waals surface area contributed by atoms with Crippen molar-refractivity contribution in [1.82, 2.24) is 0 Å². The van der Waals surface area contributed by atoms with E-state index >= 15 is 0 Å². The van der Waals surface area contributed by atoms with Gasteiger partial charge in [-0.05, 0) is 0 Å². The molecule has 0 radical (unpaired) electrons. The summed E-state index contributed by atoms with van der Waals surface area (Å²) in [5, 5.41) is 0. The number of anilines is 2. The molecule has 2 aliphatic rings. The van der Waals surface area contributed by atoms with Gasteiger partial charge in [-0.25, -0.2) is 0 Å². The molecule has 188 valence electrons. The van der Waals surface area contributed by atoms with E-state index in [1.807, 2.05) is 4.67 Å². The van der Waals surface area contributed by atoms with Gasteiger partial charge in [0.2, 0.25) is 0 Å². The van der Waals surface area contributed by atoms with Crippen molar-refractivity contribution in [2.24, 2.45) is 0 Å². The van der Waals surface area contributed by atoms with Crippen LogP contribution in [0.1, 0.15) is 105 Å². The second-order valence-electron chi connectivity index (χ2n) is 14.0. The Kier molecular flexibility index (Phi) is 5.33. The van der Waals surface area contributed by atoms with Crippen LogP contribution in [0.4, 0.5) is 11.4 Å². The molecule has 2 heterocycles. The molecule has 0 aliphatic carbocycles. The molecule has 0 aromatic heterocycles. The van der Waals surface area contributed by atoms with E-state index in [9.17, 15) is 0 Å². The summed E-state index contributed by atoms with van der Waals surface area (Å²) < 4.78 is 15.1. The second-order valence-corrected chi connectivity index (χ2v) is 20.3. The molecule has 0 spiro atoms. The third-order valence-corrected chi connectivity index (χ3v) is 10.5. The molecule has 6 heteroatoms. The maximum absolute atomic E-state index is 7.31. The number of nitrogens with zero attached hydrogens (tertiary/aromatic N) is 1. The van der Waals surface area contributed by atoms with Crippen molar-refractivity contribution in [3.05, 3.63) is 46.5 Å². The van der Waals surface area contributed by atoms with Crippen molar-refractivity contribution in [1.29, 1.82) is 0 Å². The molecule has 0 saturated carbocycles. The molecule has 0 fully saturated rings. The van der Waals surface area contributed by atoms with E-state index in [0.29, 0.717) is 0 Å². The topological polar surface area (TPSA) is 21.7 Å². The van der Waals surface area contributed by atoms with E-state index < -0.39 is 5.91 Å². The fourth-order valence-corrected chi connectivity index (χ4v) is 8.53. The van der Waals surface area contributed by atoms with Crippen LogP contribution >= 0.6 is 28.4 Å². The van der Waals surface area contributed by atoms with Gasteiger partial charge in [0.15, 0.2) is 0 Å². The van der Waals surface area contributed by atoms with E-state index in [-0.39, 0.29) is 21.7 Å². The van der Waals surface area contributed by atoms with E-state index in [1.54, 1.807) is 0 Å². The van der Waals surface area contributed by atoms with E-state index in [1.165, 1.54) is 11.1 Å². The Balaban J connectivity index is 2.10. The third-order valence-electron chi connectivity index (χ3n) is 6.73. The quantitative estimate of drug-likeness (QED) is 0.320. The van der Waals surface area contributed by atoms with Crippen molar-refractivity contribution in [2.45, 2.75) is 105 Å². The minimum absolute atomic E-state index is 0.0556. The summed E-state index contributed by atoms with van der Waals surface area (Å²) in [6.45, 7) is 26.5. The van der Waals surface area contributed by atoms with Gasteiger partial charge in [-0.1, -0.05) is 0 Å². The van der Waals surface area contributed by atoms with Gasteiger partial charge in [-0.15, -0.1) is 0 Å². The first-order valence-corrected chi connectivity index (χ1v) is 15.9. The van der Waals surface area contributed by atoms with Crippen molar-refractivity contribution in [2.75, 3.05) is 4.67 Å². The zero-order valence-electron chi connectivity index (χ0n) is 22.8. The van der Waals surface area contributed by atoms with Crippen LogP contribution in [-0.4, -0.2) is 0 Å². The van der Waals surface area contributed by atoms with Gasteiger partial charge in [0.05, 0.1) is 0 Å². The molecule has 4 rings (SSSR count). The summed E-state index contributed by atoms with van der Waals surface area (Å²) in [4.78, 5) is 0. The number of rotatable bonds is 0. The van der Waals surface area contributed by atoms with Crippen molar-refractivity contribution in [3.8, 4) is 11.5 Å². The molecule has 2 aliphatic heterocycles. The zero-order chi connectivity index (χ0) is 25.9. The normalized spacial score (nSPS) is 19.9. The Hall–Kier alpha value is -1.15. The average molecular weight is 525 g/mol. The molecular weight excluding hydrogens is 484 g/mol. The van der Waals surface area contributed by atoms with Gasteiger partial charge >= 0.3 is 216 Å². The third kappa shape index (κ3) is 4.00. The molecule has 0 atom stereocenters. The van der Waals surface area contributed by atoms with Gasteiger partial charge in [0.1, 0.15) is 0 Å². The monoisotopic (exact) mass is 523 g/mol. The Morgan fingerprint density at radius 3 is 1.15 bits per heavy atom. The zero-order valence-corrected chi connectivity index (χ0v) is 25.2. The molecule has 0 saturated heterocycles. The number of benzene rings is 2. The van der Waals surface area contributed by atoms with Crippen molar-refractivity contribution < 1.29 is 9.05 Å². The van der Waals surface area contributed by atoms with Crippen LogP contribution in [0.25, 0.3) is 0 Å².